The molecule has 0 bridgehead atoms. The smallest absolute Gasteiger partial charge is 0.232 e. The Balaban J connectivity index is 2.78. The van der Waals surface area contributed by atoms with Gasteiger partial charge in [-0.1, -0.05) is 17.0 Å². The van der Waals surface area contributed by atoms with Crippen LogP contribution in [0.25, 0.3) is 10.4 Å². The van der Waals surface area contributed by atoms with Crippen LogP contribution in [0.5, 0.6) is 0 Å². The Hall–Kier alpha value is -2.26. The summed E-state index contributed by atoms with van der Waals surface area (Å²) in [5.74, 6) is 3.67. The van der Waals surface area contributed by atoms with E-state index in [0.29, 0.717) is 0 Å². The highest BCUT2D eigenvalue weighted by atomic mass is 19.4. The van der Waals surface area contributed by atoms with Crippen molar-refractivity contribution in [1.82, 2.24) is 9.97 Å². The molecule has 0 N–H and O–H groups in total. The molecule has 1 aromatic heterocycles. The van der Waals surface area contributed by atoms with Crippen LogP contribution in [-0.4, -0.2) is 16.5 Å². The highest BCUT2D eigenvalue weighted by Crippen LogP contribution is 2.25. The predicted octanol–water partition coefficient (Wildman–Crippen LogP) is 2.16. The molecule has 0 saturated heterocycles. The van der Waals surface area contributed by atoms with Gasteiger partial charge in [0.2, 0.25) is 5.82 Å². The van der Waals surface area contributed by atoms with Crippen LogP contribution in [0.1, 0.15) is 11.4 Å². The molecule has 0 aliphatic carbocycles. The highest BCUT2D eigenvalue weighted by Gasteiger charge is 2.34. The van der Waals surface area contributed by atoms with E-state index < -0.39 is 12.0 Å². The minimum absolute atomic E-state index is 0.0580. The van der Waals surface area contributed by atoms with Crippen LogP contribution in [0.3, 0.4) is 0 Å². The Morgan fingerprint density at radius 3 is 2.50 bits per heavy atom. The van der Waals surface area contributed by atoms with E-state index in [1.807, 2.05) is 0 Å². The Morgan fingerprint density at radius 2 is 2.00 bits per heavy atom. The number of nitrogens with zero attached hydrogens (tertiary/aromatic N) is 5. The first-order valence-electron chi connectivity index (χ1n) is 3.93. The largest absolute Gasteiger partial charge is 0.451 e. The monoisotopic (exact) mass is 227 g/mol. The van der Waals surface area contributed by atoms with Gasteiger partial charge in [0.1, 0.15) is 0 Å². The zero-order chi connectivity index (χ0) is 12.0. The molecule has 0 fully saturated rings. The molecule has 0 radical (unpaired) electrons. The quantitative estimate of drug-likeness (QED) is 0.319. The first-order chi connectivity index (χ1) is 7.54. The average Bonchev–Trinajstić information content (AvgIpc) is 2.24. The molecule has 1 rings (SSSR count). The Labute approximate surface area is 88.0 Å². The van der Waals surface area contributed by atoms with E-state index in [-0.39, 0.29) is 12.1 Å². The first-order valence-corrected chi connectivity index (χ1v) is 3.93. The fourth-order valence-corrected chi connectivity index (χ4v) is 0.748. The minimum atomic E-state index is -4.56. The third-order valence-electron chi connectivity index (χ3n) is 1.35. The second kappa shape index (κ2) is 5.00. The lowest BCUT2D eigenvalue weighted by molar-refractivity contribution is -0.145. The van der Waals surface area contributed by atoms with Crippen molar-refractivity contribution in [2.45, 2.75) is 6.18 Å². The van der Waals surface area contributed by atoms with Gasteiger partial charge in [-0.3, -0.25) is 0 Å². The summed E-state index contributed by atoms with van der Waals surface area (Å²) in [6.07, 6.45) is -2.64. The summed E-state index contributed by atoms with van der Waals surface area (Å²) >= 11 is 0. The summed E-state index contributed by atoms with van der Waals surface area (Å²) in [6.45, 7) is -0.0580. The summed E-state index contributed by atoms with van der Waals surface area (Å²) < 4.78 is 36.2. The zero-order valence-corrected chi connectivity index (χ0v) is 7.73. The van der Waals surface area contributed by atoms with Crippen molar-refractivity contribution in [2.75, 3.05) is 6.54 Å². The van der Waals surface area contributed by atoms with E-state index in [2.05, 4.69) is 31.8 Å². The van der Waals surface area contributed by atoms with Gasteiger partial charge in [0.15, 0.2) is 0 Å². The summed E-state index contributed by atoms with van der Waals surface area (Å²) in [4.78, 5) is 8.67. The van der Waals surface area contributed by atoms with E-state index in [9.17, 15) is 13.2 Å². The number of hydrogen-bond acceptors (Lipinski definition) is 3. The molecule has 82 valence electrons. The van der Waals surface area contributed by atoms with Crippen molar-refractivity contribution in [1.29, 1.82) is 0 Å². The highest BCUT2D eigenvalue weighted by molar-refractivity contribution is 5.30. The van der Waals surface area contributed by atoms with Crippen LogP contribution in [-0.2, 0) is 6.18 Å². The van der Waals surface area contributed by atoms with Gasteiger partial charge in [0.25, 0.3) is 0 Å². The van der Waals surface area contributed by atoms with E-state index in [4.69, 9.17) is 5.53 Å². The van der Waals surface area contributed by atoms with Crippen molar-refractivity contribution in [3.05, 3.63) is 34.2 Å². The Kier molecular flexibility index (Phi) is 3.69. The van der Waals surface area contributed by atoms with E-state index in [0.717, 1.165) is 12.4 Å². The van der Waals surface area contributed by atoms with E-state index >= 15 is 0 Å². The lowest BCUT2D eigenvalue weighted by Crippen LogP contribution is -2.10. The molecule has 0 unspecified atom stereocenters. The number of halogens is 3. The molecule has 16 heavy (non-hydrogen) atoms. The molecule has 0 saturated carbocycles. The zero-order valence-electron chi connectivity index (χ0n) is 7.73. The normalized spacial score (nSPS) is 9.94. The van der Waals surface area contributed by atoms with Crippen LogP contribution in [0.4, 0.5) is 13.2 Å². The fraction of sp³-hybridized carbons (Fsp3) is 0.250. The van der Waals surface area contributed by atoms with Gasteiger partial charge in [-0.25, -0.2) is 9.97 Å². The summed E-state index contributed by atoms with van der Waals surface area (Å²) in [5.41, 5.74) is 8.15. The summed E-state index contributed by atoms with van der Waals surface area (Å²) in [6, 6.07) is 0. The first kappa shape index (κ1) is 11.8. The van der Waals surface area contributed by atoms with Gasteiger partial charge in [-0.2, -0.15) is 13.2 Å². The van der Waals surface area contributed by atoms with Gasteiger partial charge in [-0.05, 0) is 5.53 Å². The number of alkyl halides is 3. The molecule has 1 aromatic rings. The molecule has 0 spiro atoms. The average molecular weight is 227 g/mol. The standard InChI is InChI=1S/C8H4F3N5/c9-8(10,11)7-13-4-6(5-14-7)2-1-3-15-16-12/h4-5H,3H2. The molecule has 0 aliphatic heterocycles. The molecule has 1 heterocycles. The SMILES string of the molecule is [N-]=[N+]=NCC#Cc1cnc(C(F)(F)F)nc1. The maximum atomic E-state index is 12.1. The van der Waals surface area contributed by atoms with Crippen LogP contribution in [0.15, 0.2) is 17.5 Å². The van der Waals surface area contributed by atoms with E-state index in [1.54, 1.807) is 0 Å². The number of rotatable bonds is 1. The van der Waals surface area contributed by atoms with Gasteiger partial charge in [0, 0.05) is 17.3 Å². The van der Waals surface area contributed by atoms with Gasteiger partial charge >= 0.3 is 6.18 Å². The molecule has 0 amide bonds. The van der Waals surface area contributed by atoms with Crippen molar-refractivity contribution in [2.24, 2.45) is 5.11 Å². The molecule has 5 nitrogen and oxygen atoms in total. The summed E-state index contributed by atoms with van der Waals surface area (Å²) in [7, 11) is 0. The van der Waals surface area contributed by atoms with Crippen molar-refractivity contribution >= 4 is 0 Å². The number of aromatic nitrogens is 2. The predicted molar refractivity (Wildman–Crippen MR) is 47.9 cm³/mol. The molecule has 0 atom stereocenters. The second-order valence-corrected chi connectivity index (χ2v) is 2.48. The van der Waals surface area contributed by atoms with Crippen LogP contribution in [0, 0.1) is 11.8 Å². The van der Waals surface area contributed by atoms with Crippen LogP contribution >= 0.6 is 0 Å². The lowest BCUT2D eigenvalue weighted by Gasteiger charge is -2.02. The minimum Gasteiger partial charge on any atom is -0.232 e. The fourth-order valence-electron chi connectivity index (χ4n) is 0.748. The Bertz CT molecular complexity index is 461. The van der Waals surface area contributed by atoms with Crippen molar-refractivity contribution < 1.29 is 13.2 Å². The molecular formula is C8H4F3N5. The summed E-state index contributed by atoms with van der Waals surface area (Å²) in [5, 5.41) is 3.13. The molecule has 0 aliphatic rings. The van der Waals surface area contributed by atoms with Crippen LogP contribution < -0.4 is 0 Å². The maximum Gasteiger partial charge on any atom is 0.451 e. The molecule has 0 aromatic carbocycles. The van der Waals surface area contributed by atoms with Crippen molar-refractivity contribution in [3.8, 4) is 11.8 Å². The topological polar surface area (TPSA) is 74.5 Å². The lowest BCUT2D eigenvalue weighted by atomic mass is 10.3. The number of azide groups is 1. The van der Waals surface area contributed by atoms with Gasteiger partial charge in [0.05, 0.1) is 12.1 Å². The van der Waals surface area contributed by atoms with Crippen molar-refractivity contribution in [3.63, 3.8) is 0 Å². The third-order valence-corrected chi connectivity index (χ3v) is 1.35. The Morgan fingerprint density at radius 1 is 1.38 bits per heavy atom. The second-order valence-electron chi connectivity index (χ2n) is 2.48. The number of hydrogen-bond donors (Lipinski definition) is 0. The van der Waals surface area contributed by atoms with Gasteiger partial charge < -0.3 is 0 Å². The molecule has 8 heteroatoms. The van der Waals surface area contributed by atoms with Gasteiger partial charge in [-0.15, -0.1) is 0 Å². The third kappa shape index (κ3) is 3.48. The molecular weight excluding hydrogens is 223 g/mol. The maximum absolute atomic E-state index is 12.1. The van der Waals surface area contributed by atoms with Crippen LogP contribution in [0.2, 0.25) is 0 Å². The van der Waals surface area contributed by atoms with E-state index in [1.165, 1.54) is 0 Å².